The number of benzene rings is 1. The number of amides is 1. The number of nitrogens with one attached hydrogen (secondary N) is 1. The number of carbonyl (C=O) groups is 2. The Balaban J connectivity index is 0.000000381. The lowest BCUT2D eigenvalue weighted by atomic mass is 10.0. The number of hydrogen-bond acceptors (Lipinski definition) is 3. The van der Waals surface area contributed by atoms with E-state index in [2.05, 4.69) is 5.32 Å². The van der Waals surface area contributed by atoms with Gasteiger partial charge in [-0.1, -0.05) is 32.0 Å². The molecule has 1 aliphatic heterocycles. The quantitative estimate of drug-likeness (QED) is 0.869. The lowest BCUT2D eigenvalue weighted by Crippen LogP contribution is -2.47. The molecule has 0 bridgehead atoms. The van der Waals surface area contributed by atoms with E-state index in [1.807, 2.05) is 49.1 Å². The summed E-state index contributed by atoms with van der Waals surface area (Å²) in [5, 5.41) is 10.5. The van der Waals surface area contributed by atoms with Crippen LogP contribution in [-0.2, 0) is 9.59 Å². The molecule has 0 aliphatic carbocycles. The highest BCUT2D eigenvalue weighted by Crippen LogP contribution is 2.23. The monoisotopic (exact) mass is 360 g/mol. The molecule has 1 saturated heterocycles. The van der Waals surface area contributed by atoms with E-state index < -0.39 is 12.1 Å². The number of piperidine rings is 1. The number of carboxylic acids is 1. The Kier molecular flexibility index (Phi) is 7.89. The third kappa shape index (κ3) is 6.74. The molecule has 0 saturated carbocycles. The lowest BCUT2D eigenvalue weighted by molar-refractivity contribution is -0.192. The summed E-state index contributed by atoms with van der Waals surface area (Å²) in [6, 6.07) is 10.4. The first-order valence-corrected chi connectivity index (χ1v) is 8.03. The summed E-state index contributed by atoms with van der Waals surface area (Å²) in [5.74, 6) is -2.49. The van der Waals surface area contributed by atoms with Gasteiger partial charge in [-0.3, -0.25) is 4.79 Å². The van der Waals surface area contributed by atoms with E-state index >= 15 is 0 Å². The number of hydrogen-bond donors (Lipinski definition) is 2. The molecule has 1 aliphatic rings. The van der Waals surface area contributed by atoms with Crippen LogP contribution in [0.2, 0.25) is 0 Å². The Morgan fingerprint density at radius 2 is 1.64 bits per heavy atom. The van der Waals surface area contributed by atoms with Crippen molar-refractivity contribution in [1.29, 1.82) is 0 Å². The summed E-state index contributed by atoms with van der Waals surface area (Å²) < 4.78 is 31.7. The number of aliphatic carboxylic acids is 1. The van der Waals surface area contributed by atoms with E-state index in [1.165, 1.54) is 0 Å². The molecule has 0 unspecified atom stereocenters. The average molecular weight is 360 g/mol. The van der Waals surface area contributed by atoms with Crippen LogP contribution >= 0.6 is 0 Å². The van der Waals surface area contributed by atoms with E-state index in [1.54, 1.807) is 0 Å². The van der Waals surface area contributed by atoms with E-state index in [9.17, 15) is 18.0 Å². The molecule has 25 heavy (non-hydrogen) atoms. The van der Waals surface area contributed by atoms with Crippen molar-refractivity contribution in [3.63, 3.8) is 0 Å². The van der Waals surface area contributed by atoms with Gasteiger partial charge in [0, 0.05) is 17.6 Å². The van der Waals surface area contributed by atoms with Crippen LogP contribution in [0.1, 0.15) is 26.7 Å². The maximum Gasteiger partial charge on any atom is 0.490 e. The van der Waals surface area contributed by atoms with Gasteiger partial charge in [0.1, 0.15) is 0 Å². The largest absolute Gasteiger partial charge is 0.490 e. The maximum atomic E-state index is 12.4. The molecule has 0 atom stereocenters. The third-order valence-electron chi connectivity index (χ3n) is 3.68. The topological polar surface area (TPSA) is 69.6 Å². The smallest absolute Gasteiger partial charge is 0.475 e. The molecular formula is C17H23F3N2O3. The zero-order valence-corrected chi connectivity index (χ0v) is 14.2. The maximum absolute atomic E-state index is 12.4. The summed E-state index contributed by atoms with van der Waals surface area (Å²) in [5.41, 5.74) is 1.03. The lowest BCUT2D eigenvalue weighted by Gasteiger charge is -2.35. The molecule has 1 aromatic rings. The van der Waals surface area contributed by atoms with E-state index in [-0.39, 0.29) is 11.8 Å². The Labute approximate surface area is 144 Å². The normalized spacial score (nSPS) is 15.3. The minimum atomic E-state index is -5.08. The van der Waals surface area contributed by atoms with Crippen molar-refractivity contribution >= 4 is 17.6 Å². The van der Waals surface area contributed by atoms with Crippen LogP contribution in [0.25, 0.3) is 0 Å². The van der Waals surface area contributed by atoms with E-state index in [0.717, 1.165) is 31.6 Å². The molecule has 0 aromatic heterocycles. The minimum Gasteiger partial charge on any atom is -0.475 e. The zero-order chi connectivity index (χ0) is 19.0. The molecular weight excluding hydrogens is 337 g/mol. The number of halogens is 3. The molecule has 1 amide bonds. The predicted octanol–water partition coefficient (Wildman–Crippen LogP) is 3.06. The van der Waals surface area contributed by atoms with Gasteiger partial charge in [0.25, 0.3) is 0 Å². The Hall–Kier alpha value is -2.09. The van der Waals surface area contributed by atoms with Gasteiger partial charge < -0.3 is 15.3 Å². The van der Waals surface area contributed by atoms with Crippen molar-refractivity contribution in [2.75, 3.05) is 18.0 Å². The standard InChI is InChI=1S/C15H22N2O.C2HF3O2/c1-12(2)15(18)17(13-6-4-3-5-7-13)14-8-10-16-11-9-14;3-2(4,5)1(6)7/h3-7,12,14,16H,8-11H2,1-2H3;(H,6,7). The third-order valence-corrected chi connectivity index (χ3v) is 3.68. The fraction of sp³-hybridized carbons (Fsp3) is 0.529. The van der Waals surface area contributed by atoms with Crippen molar-refractivity contribution in [1.82, 2.24) is 5.32 Å². The number of carboxylic acid groups (broad SMARTS) is 1. The zero-order valence-electron chi connectivity index (χ0n) is 14.2. The SMILES string of the molecule is CC(C)C(=O)N(c1ccccc1)C1CCNCC1.O=C(O)C(F)(F)F. The Morgan fingerprint density at radius 3 is 2.04 bits per heavy atom. The molecule has 1 aromatic carbocycles. The molecule has 0 spiro atoms. The average Bonchev–Trinajstić information content (AvgIpc) is 2.56. The number of nitrogens with zero attached hydrogens (tertiary/aromatic N) is 1. The summed E-state index contributed by atoms with van der Waals surface area (Å²) in [4.78, 5) is 23.3. The van der Waals surface area contributed by atoms with Gasteiger partial charge in [0.2, 0.25) is 5.91 Å². The molecule has 140 valence electrons. The number of carbonyl (C=O) groups excluding carboxylic acids is 1. The van der Waals surface area contributed by atoms with Crippen LogP contribution in [0.15, 0.2) is 30.3 Å². The van der Waals surface area contributed by atoms with Gasteiger partial charge in [-0.2, -0.15) is 13.2 Å². The molecule has 0 radical (unpaired) electrons. The fourth-order valence-electron chi connectivity index (χ4n) is 2.45. The van der Waals surface area contributed by atoms with Crippen LogP contribution in [0.4, 0.5) is 18.9 Å². The highest BCUT2D eigenvalue weighted by molar-refractivity contribution is 5.95. The summed E-state index contributed by atoms with van der Waals surface area (Å²) in [7, 11) is 0. The van der Waals surface area contributed by atoms with Crippen LogP contribution in [0, 0.1) is 5.92 Å². The first kappa shape index (κ1) is 21.0. The van der Waals surface area contributed by atoms with Gasteiger partial charge in [0.15, 0.2) is 0 Å². The summed E-state index contributed by atoms with van der Waals surface area (Å²) >= 11 is 0. The number of para-hydroxylation sites is 1. The Bertz CT molecular complexity index is 556. The molecule has 8 heteroatoms. The second-order valence-electron chi connectivity index (χ2n) is 5.98. The van der Waals surface area contributed by atoms with Gasteiger partial charge in [-0.15, -0.1) is 0 Å². The van der Waals surface area contributed by atoms with Crippen LogP contribution in [0.3, 0.4) is 0 Å². The molecule has 1 fully saturated rings. The van der Waals surface area contributed by atoms with Crippen LogP contribution in [-0.4, -0.2) is 42.3 Å². The van der Waals surface area contributed by atoms with Crippen molar-refractivity contribution < 1.29 is 27.9 Å². The van der Waals surface area contributed by atoms with Gasteiger partial charge in [0.05, 0.1) is 0 Å². The number of anilines is 1. The highest BCUT2D eigenvalue weighted by Gasteiger charge is 2.38. The summed E-state index contributed by atoms with van der Waals surface area (Å²) in [6.45, 7) is 5.94. The predicted molar refractivity (Wildman–Crippen MR) is 88.3 cm³/mol. The van der Waals surface area contributed by atoms with Crippen molar-refractivity contribution in [3.05, 3.63) is 30.3 Å². The van der Waals surface area contributed by atoms with Crippen molar-refractivity contribution in [3.8, 4) is 0 Å². The number of rotatable bonds is 3. The first-order valence-electron chi connectivity index (χ1n) is 8.03. The van der Waals surface area contributed by atoms with Crippen LogP contribution in [0.5, 0.6) is 0 Å². The van der Waals surface area contributed by atoms with Crippen LogP contribution < -0.4 is 10.2 Å². The molecule has 1 heterocycles. The highest BCUT2D eigenvalue weighted by atomic mass is 19.4. The fourth-order valence-corrected chi connectivity index (χ4v) is 2.45. The number of alkyl halides is 3. The van der Waals surface area contributed by atoms with Crippen molar-refractivity contribution in [2.24, 2.45) is 5.92 Å². The second kappa shape index (κ2) is 9.41. The first-order chi connectivity index (χ1) is 11.6. The molecule has 2 N–H and O–H groups in total. The molecule has 2 rings (SSSR count). The second-order valence-corrected chi connectivity index (χ2v) is 5.98. The van der Waals surface area contributed by atoms with E-state index in [4.69, 9.17) is 9.90 Å². The van der Waals surface area contributed by atoms with Gasteiger partial charge in [-0.25, -0.2) is 4.79 Å². The van der Waals surface area contributed by atoms with Crippen molar-refractivity contribution in [2.45, 2.75) is 38.9 Å². The molecule has 5 nitrogen and oxygen atoms in total. The van der Waals surface area contributed by atoms with Gasteiger partial charge >= 0.3 is 12.1 Å². The Morgan fingerprint density at radius 1 is 1.16 bits per heavy atom. The van der Waals surface area contributed by atoms with E-state index in [0.29, 0.717) is 6.04 Å². The minimum absolute atomic E-state index is 0.0418. The summed E-state index contributed by atoms with van der Waals surface area (Å²) in [6.07, 6.45) is -3.01. The van der Waals surface area contributed by atoms with Gasteiger partial charge in [-0.05, 0) is 38.1 Å².